The highest BCUT2D eigenvalue weighted by molar-refractivity contribution is 9.10. The van der Waals surface area contributed by atoms with Crippen LogP contribution in [0.2, 0.25) is 0 Å². The zero-order chi connectivity index (χ0) is 14.2. The molecule has 1 N–H and O–H groups in total. The Morgan fingerprint density at radius 3 is 2.90 bits per heavy atom. The van der Waals surface area contributed by atoms with E-state index in [0.717, 1.165) is 35.8 Å². The molecule has 3 nitrogen and oxygen atoms in total. The van der Waals surface area contributed by atoms with E-state index >= 15 is 0 Å². The molecule has 0 radical (unpaired) electrons. The topological polar surface area (TPSA) is 24.5 Å². The van der Waals surface area contributed by atoms with Crippen molar-refractivity contribution >= 4 is 21.6 Å². The number of nitrogens with zero attached hydrogens (tertiary/aromatic N) is 1. The fourth-order valence-electron chi connectivity index (χ4n) is 3.24. The van der Waals surface area contributed by atoms with Crippen LogP contribution in [0.4, 0.5) is 5.69 Å². The van der Waals surface area contributed by atoms with E-state index in [4.69, 9.17) is 4.74 Å². The van der Waals surface area contributed by atoms with Gasteiger partial charge in [-0.15, -0.1) is 0 Å². The van der Waals surface area contributed by atoms with Crippen LogP contribution in [-0.4, -0.2) is 32.3 Å². The molecule has 1 saturated carbocycles. The monoisotopic (exact) mass is 338 g/mol. The van der Waals surface area contributed by atoms with E-state index in [0.29, 0.717) is 0 Å². The molecule has 20 heavy (non-hydrogen) atoms. The van der Waals surface area contributed by atoms with Gasteiger partial charge in [0.1, 0.15) is 5.75 Å². The molecule has 110 valence electrons. The lowest BCUT2D eigenvalue weighted by Crippen LogP contribution is -2.51. The van der Waals surface area contributed by atoms with Gasteiger partial charge in [0, 0.05) is 29.2 Å². The van der Waals surface area contributed by atoms with Gasteiger partial charge >= 0.3 is 0 Å². The van der Waals surface area contributed by atoms with Crippen LogP contribution in [0.1, 0.15) is 26.2 Å². The maximum atomic E-state index is 5.38. The number of hydrogen-bond donors (Lipinski definition) is 1. The predicted octanol–water partition coefficient (Wildman–Crippen LogP) is 3.43. The first kappa shape index (κ1) is 14.2. The molecule has 2 fully saturated rings. The van der Waals surface area contributed by atoms with Crippen LogP contribution in [0, 0.1) is 5.92 Å². The van der Waals surface area contributed by atoms with Crippen molar-refractivity contribution in [1.29, 1.82) is 0 Å². The smallest absolute Gasteiger partial charge is 0.121 e. The summed E-state index contributed by atoms with van der Waals surface area (Å²) in [5.74, 6) is 1.76. The van der Waals surface area contributed by atoms with Gasteiger partial charge in [0.15, 0.2) is 0 Å². The average Bonchev–Trinajstić information content (AvgIpc) is 3.27. The van der Waals surface area contributed by atoms with Gasteiger partial charge in [-0.1, -0.05) is 0 Å². The Morgan fingerprint density at radius 1 is 1.40 bits per heavy atom. The van der Waals surface area contributed by atoms with E-state index in [-0.39, 0.29) is 5.54 Å². The van der Waals surface area contributed by atoms with Crippen LogP contribution >= 0.6 is 15.9 Å². The maximum Gasteiger partial charge on any atom is 0.121 e. The third-order valence-electron chi connectivity index (χ3n) is 4.63. The van der Waals surface area contributed by atoms with Gasteiger partial charge < -0.3 is 15.0 Å². The molecule has 1 aromatic rings. The standard InChI is InChI=1S/C16H23BrN2O/c1-16(12-4-5-12)11-19(9-3-8-18-16)15-10-13(20-2)6-7-14(15)17/h6-7,10,12,18H,3-5,8-9,11H2,1-2H3. The second-order valence-corrected chi connectivity index (χ2v) is 7.07. The van der Waals surface area contributed by atoms with E-state index < -0.39 is 0 Å². The summed E-state index contributed by atoms with van der Waals surface area (Å²) < 4.78 is 6.53. The highest BCUT2D eigenvalue weighted by atomic mass is 79.9. The molecule has 0 spiro atoms. The van der Waals surface area contributed by atoms with E-state index in [1.165, 1.54) is 24.9 Å². The molecule has 2 aliphatic rings. The number of halogens is 1. The molecule has 0 bridgehead atoms. The Labute approximate surface area is 129 Å². The third kappa shape index (κ3) is 2.82. The first-order valence-electron chi connectivity index (χ1n) is 7.46. The van der Waals surface area contributed by atoms with Crippen LogP contribution in [0.5, 0.6) is 5.75 Å². The second kappa shape index (κ2) is 5.57. The van der Waals surface area contributed by atoms with Crippen molar-refractivity contribution in [3.63, 3.8) is 0 Å². The molecule has 1 atom stereocenters. The minimum absolute atomic E-state index is 0.249. The molecular weight excluding hydrogens is 316 g/mol. The van der Waals surface area contributed by atoms with Crippen LogP contribution in [0.3, 0.4) is 0 Å². The summed E-state index contributed by atoms with van der Waals surface area (Å²) in [5, 5.41) is 3.78. The molecule has 1 aromatic carbocycles. The molecule has 4 heteroatoms. The van der Waals surface area contributed by atoms with Crippen molar-refractivity contribution < 1.29 is 4.74 Å². The second-order valence-electron chi connectivity index (χ2n) is 6.21. The van der Waals surface area contributed by atoms with Gasteiger partial charge in [-0.25, -0.2) is 0 Å². The third-order valence-corrected chi connectivity index (χ3v) is 5.30. The number of hydrogen-bond acceptors (Lipinski definition) is 3. The fraction of sp³-hybridized carbons (Fsp3) is 0.625. The largest absolute Gasteiger partial charge is 0.497 e. The summed E-state index contributed by atoms with van der Waals surface area (Å²) in [4.78, 5) is 2.50. The molecular formula is C16H23BrN2O. The van der Waals surface area contributed by atoms with Crippen molar-refractivity contribution in [2.24, 2.45) is 5.92 Å². The minimum Gasteiger partial charge on any atom is -0.497 e. The van der Waals surface area contributed by atoms with Crippen molar-refractivity contribution in [3.05, 3.63) is 22.7 Å². The number of nitrogens with one attached hydrogen (secondary N) is 1. The van der Waals surface area contributed by atoms with Crippen LogP contribution in [0.25, 0.3) is 0 Å². The zero-order valence-corrected chi connectivity index (χ0v) is 13.9. The van der Waals surface area contributed by atoms with Crippen LogP contribution < -0.4 is 15.0 Å². The molecule has 0 amide bonds. The molecule has 1 aliphatic heterocycles. The van der Waals surface area contributed by atoms with Gasteiger partial charge in [-0.05, 0) is 66.7 Å². The molecule has 3 rings (SSSR count). The molecule has 1 heterocycles. The van der Waals surface area contributed by atoms with Crippen molar-refractivity contribution in [2.75, 3.05) is 31.6 Å². The summed E-state index contributed by atoms with van der Waals surface area (Å²) in [5.41, 5.74) is 1.50. The van der Waals surface area contributed by atoms with E-state index in [2.05, 4.69) is 45.2 Å². The Morgan fingerprint density at radius 2 is 2.20 bits per heavy atom. The Hall–Kier alpha value is -0.740. The van der Waals surface area contributed by atoms with Gasteiger partial charge in [0.25, 0.3) is 0 Å². The van der Waals surface area contributed by atoms with Crippen molar-refractivity contribution in [2.45, 2.75) is 31.7 Å². The first-order chi connectivity index (χ1) is 9.62. The zero-order valence-electron chi connectivity index (χ0n) is 12.3. The average molecular weight is 339 g/mol. The maximum absolute atomic E-state index is 5.38. The first-order valence-corrected chi connectivity index (χ1v) is 8.25. The lowest BCUT2D eigenvalue weighted by molar-refractivity contribution is 0.331. The summed E-state index contributed by atoms with van der Waals surface area (Å²) in [6, 6.07) is 6.23. The summed E-state index contributed by atoms with van der Waals surface area (Å²) in [6.07, 6.45) is 3.93. The molecule has 1 unspecified atom stereocenters. The lowest BCUT2D eigenvalue weighted by atomic mass is 9.95. The van der Waals surface area contributed by atoms with Crippen LogP contribution in [0.15, 0.2) is 22.7 Å². The lowest BCUT2D eigenvalue weighted by Gasteiger charge is -2.35. The SMILES string of the molecule is COc1ccc(Br)c(N2CCCNC(C)(C3CC3)C2)c1. The highest BCUT2D eigenvalue weighted by Crippen LogP contribution is 2.42. The molecule has 0 aromatic heterocycles. The van der Waals surface area contributed by atoms with Gasteiger partial charge in [-0.2, -0.15) is 0 Å². The fourth-order valence-corrected chi connectivity index (χ4v) is 3.73. The number of ether oxygens (including phenoxy) is 1. The van der Waals surface area contributed by atoms with E-state index in [1.807, 2.05) is 6.07 Å². The molecule has 1 saturated heterocycles. The number of benzene rings is 1. The Kier molecular flexibility index (Phi) is 3.95. The van der Waals surface area contributed by atoms with Gasteiger partial charge in [0.05, 0.1) is 12.8 Å². The van der Waals surface area contributed by atoms with E-state index in [1.54, 1.807) is 7.11 Å². The number of anilines is 1. The Balaban J connectivity index is 1.87. The number of methoxy groups -OCH3 is 1. The van der Waals surface area contributed by atoms with Gasteiger partial charge in [0.2, 0.25) is 0 Å². The summed E-state index contributed by atoms with van der Waals surface area (Å²) in [7, 11) is 1.73. The predicted molar refractivity (Wildman–Crippen MR) is 86.7 cm³/mol. The number of rotatable bonds is 3. The van der Waals surface area contributed by atoms with Gasteiger partial charge in [-0.3, -0.25) is 0 Å². The highest BCUT2D eigenvalue weighted by Gasteiger charge is 2.43. The van der Waals surface area contributed by atoms with Crippen molar-refractivity contribution in [3.8, 4) is 5.75 Å². The van der Waals surface area contributed by atoms with Crippen LogP contribution in [-0.2, 0) is 0 Å². The van der Waals surface area contributed by atoms with Crippen molar-refractivity contribution in [1.82, 2.24) is 5.32 Å². The normalized spacial score (nSPS) is 27.2. The minimum atomic E-state index is 0.249. The quantitative estimate of drug-likeness (QED) is 0.913. The summed E-state index contributed by atoms with van der Waals surface area (Å²) in [6.45, 7) is 5.67. The van der Waals surface area contributed by atoms with E-state index in [9.17, 15) is 0 Å². The molecule has 1 aliphatic carbocycles. The Bertz CT molecular complexity index is 489. The summed E-state index contributed by atoms with van der Waals surface area (Å²) >= 11 is 3.69.